The largest absolute Gasteiger partial charge is 0.496 e. The normalized spacial score (nSPS) is 10.8. The fraction of sp³-hybridized carbons (Fsp3) is 0.133. The molecule has 2 aromatic heterocycles. The minimum absolute atomic E-state index is 0.130. The Kier molecular flexibility index (Phi) is 3.06. The molecule has 0 aliphatic rings. The van der Waals surface area contributed by atoms with E-state index in [0.717, 1.165) is 0 Å². The SMILES string of the molecule is COc1ccccc1-c1c(C(=O)O)c2nccnc2n1C. The Morgan fingerprint density at radius 1 is 1.24 bits per heavy atom. The number of aryl methyl sites for hydroxylation is 1. The maximum atomic E-state index is 11.7. The van der Waals surface area contributed by atoms with Gasteiger partial charge in [-0.2, -0.15) is 0 Å². The van der Waals surface area contributed by atoms with Gasteiger partial charge in [0.25, 0.3) is 0 Å². The topological polar surface area (TPSA) is 77.2 Å². The molecule has 21 heavy (non-hydrogen) atoms. The van der Waals surface area contributed by atoms with Crippen molar-refractivity contribution < 1.29 is 14.6 Å². The first-order chi connectivity index (χ1) is 10.1. The Bertz CT molecular complexity index is 839. The van der Waals surface area contributed by atoms with Gasteiger partial charge in [-0.15, -0.1) is 0 Å². The lowest BCUT2D eigenvalue weighted by atomic mass is 10.1. The molecule has 1 N–H and O–H groups in total. The van der Waals surface area contributed by atoms with Crippen LogP contribution in [0.2, 0.25) is 0 Å². The van der Waals surface area contributed by atoms with E-state index in [4.69, 9.17) is 4.74 Å². The number of carboxylic acid groups (broad SMARTS) is 1. The lowest BCUT2D eigenvalue weighted by Gasteiger charge is -2.10. The molecule has 0 spiro atoms. The van der Waals surface area contributed by atoms with Crippen LogP contribution in [0.5, 0.6) is 5.75 Å². The highest BCUT2D eigenvalue weighted by molar-refractivity contribution is 6.07. The van der Waals surface area contributed by atoms with Crippen LogP contribution in [0.1, 0.15) is 10.4 Å². The van der Waals surface area contributed by atoms with Crippen LogP contribution in [-0.4, -0.2) is 32.7 Å². The Balaban J connectivity index is 2.44. The third-order valence-corrected chi connectivity index (χ3v) is 3.38. The summed E-state index contributed by atoms with van der Waals surface area (Å²) >= 11 is 0. The monoisotopic (exact) mass is 283 g/mol. The number of aromatic carboxylic acids is 1. The minimum Gasteiger partial charge on any atom is -0.496 e. The Morgan fingerprint density at radius 3 is 2.67 bits per heavy atom. The summed E-state index contributed by atoms with van der Waals surface area (Å²) in [6.45, 7) is 0. The number of fused-ring (bicyclic) bond motifs is 1. The van der Waals surface area contributed by atoms with Crippen molar-refractivity contribution in [2.24, 2.45) is 7.05 Å². The van der Waals surface area contributed by atoms with Crippen molar-refractivity contribution in [3.05, 3.63) is 42.2 Å². The number of aromatic nitrogens is 3. The predicted octanol–water partition coefficient (Wildman–Crippen LogP) is 2.34. The molecule has 0 saturated heterocycles. The van der Waals surface area contributed by atoms with Crippen molar-refractivity contribution in [1.82, 2.24) is 14.5 Å². The fourth-order valence-electron chi connectivity index (χ4n) is 2.50. The predicted molar refractivity (Wildman–Crippen MR) is 77.5 cm³/mol. The summed E-state index contributed by atoms with van der Waals surface area (Å²) in [6.07, 6.45) is 3.03. The Labute approximate surface area is 120 Å². The molecule has 106 valence electrons. The molecule has 6 nitrogen and oxygen atoms in total. The van der Waals surface area contributed by atoms with Crippen LogP contribution in [0.15, 0.2) is 36.7 Å². The first-order valence-corrected chi connectivity index (χ1v) is 6.31. The van der Waals surface area contributed by atoms with Gasteiger partial charge in [0.05, 0.1) is 12.8 Å². The number of carboxylic acids is 1. The molecule has 0 amide bonds. The zero-order valence-corrected chi connectivity index (χ0v) is 11.6. The average molecular weight is 283 g/mol. The molecule has 0 unspecified atom stereocenters. The summed E-state index contributed by atoms with van der Waals surface area (Å²) in [4.78, 5) is 20.1. The van der Waals surface area contributed by atoms with E-state index >= 15 is 0 Å². The molecule has 6 heteroatoms. The number of benzene rings is 1. The van der Waals surface area contributed by atoms with E-state index < -0.39 is 5.97 Å². The molecule has 0 bridgehead atoms. The second-order valence-corrected chi connectivity index (χ2v) is 4.52. The van der Waals surface area contributed by atoms with Gasteiger partial charge in [0.1, 0.15) is 16.8 Å². The number of methoxy groups -OCH3 is 1. The van der Waals surface area contributed by atoms with Gasteiger partial charge >= 0.3 is 5.97 Å². The summed E-state index contributed by atoms with van der Waals surface area (Å²) in [5.41, 5.74) is 2.25. The van der Waals surface area contributed by atoms with Gasteiger partial charge in [0, 0.05) is 25.0 Å². The van der Waals surface area contributed by atoms with Crippen molar-refractivity contribution >= 4 is 17.1 Å². The van der Waals surface area contributed by atoms with E-state index in [-0.39, 0.29) is 5.56 Å². The molecule has 0 aliphatic heterocycles. The Morgan fingerprint density at radius 2 is 1.95 bits per heavy atom. The Hall–Kier alpha value is -2.89. The van der Waals surface area contributed by atoms with Gasteiger partial charge in [-0.05, 0) is 12.1 Å². The van der Waals surface area contributed by atoms with E-state index in [1.807, 2.05) is 18.2 Å². The molecule has 0 fully saturated rings. The van der Waals surface area contributed by atoms with Crippen molar-refractivity contribution in [3.8, 4) is 17.0 Å². The van der Waals surface area contributed by atoms with Crippen molar-refractivity contribution in [1.29, 1.82) is 0 Å². The minimum atomic E-state index is -1.04. The molecular weight excluding hydrogens is 270 g/mol. The van der Waals surface area contributed by atoms with Crippen LogP contribution in [0.25, 0.3) is 22.4 Å². The van der Waals surface area contributed by atoms with E-state index in [2.05, 4.69) is 9.97 Å². The van der Waals surface area contributed by atoms with Crippen LogP contribution in [-0.2, 0) is 7.05 Å². The number of rotatable bonds is 3. The van der Waals surface area contributed by atoms with Crippen molar-refractivity contribution in [2.45, 2.75) is 0 Å². The molecular formula is C15H13N3O3. The zero-order chi connectivity index (χ0) is 15.0. The molecule has 1 aromatic carbocycles. The van der Waals surface area contributed by atoms with Crippen LogP contribution < -0.4 is 4.74 Å². The number of ether oxygens (including phenoxy) is 1. The highest BCUT2D eigenvalue weighted by Crippen LogP contribution is 2.36. The third-order valence-electron chi connectivity index (χ3n) is 3.38. The smallest absolute Gasteiger partial charge is 0.340 e. The molecule has 0 atom stereocenters. The summed E-state index contributed by atoms with van der Waals surface area (Å²) in [5, 5.41) is 9.58. The van der Waals surface area contributed by atoms with Crippen molar-refractivity contribution in [3.63, 3.8) is 0 Å². The lowest BCUT2D eigenvalue weighted by Crippen LogP contribution is -2.02. The summed E-state index contributed by atoms with van der Waals surface area (Å²) in [7, 11) is 3.32. The number of hydrogen-bond donors (Lipinski definition) is 1. The maximum absolute atomic E-state index is 11.7. The fourth-order valence-corrected chi connectivity index (χ4v) is 2.50. The van der Waals surface area contributed by atoms with E-state index in [1.165, 1.54) is 6.20 Å². The highest BCUT2D eigenvalue weighted by Gasteiger charge is 2.25. The molecule has 0 aliphatic carbocycles. The van der Waals surface area contributed by atoms with E-state index in [1.54, 1.807) is 31.0 Å². The number of nitrogens with zero attached hydrogens (tertiary/aromatic N) is 3. The molecule has 3 aromatic rings. The second kappa shape index (κ2) is 4.90. The molecule has 3 rings (SSSR count). The highest BCUT2D eigenvalue weighted by atomic mass is 16.5. The second-order valence-electron chi connectivity index (χ2n) is 4.52. The number of carbonyl (C=O) groups is 1. The molecule has 0 radical (unpaired) electrons. The standard InChI is InChI=1S/C15H13N3O3/c1-18-13(9-5-3-4-6-10(9)21-2)11(15(19)20)12-14(18)17-8-7-16-12/h3-8H,1-2H3,(H,19,20). The van der Waals surface area contributed by atoms with Gasteiger partial charge in [-0.25, -0.2) is 9.78 Å². The van der Waals surface area contributed by atoms with Gasteiger partial charge in [0.2, 0.25) is 0 Å². The van der Waals surface area contributed by atoms with Crippen LogP contribution >= 0.6 is 0 Å². The van der Waals surface area contributed by atoms with Crippen LogP contribution in [0, 0.1) is 0 Å². The first kappa shape index (κ1) is 13.1. The third kappa shape index (κ3) is 1.92. The van der Waals surface area contributed by atoms with E-state index in [9.17, 15) is 9.90 Å². The summed E-state index contributed by atoms with van der Waals surface area (Å²) < 4.78 is 7.06. The summed E-state index contributed by atoms with van der Waals surface area (Å²) in [5.74, 6) is -0.437. The van der Waals surface area contributed by atoms with Crippen molar-refractivity contribution in [2.75, 3.05) is 7.11 Å². The quantitative estimate of drug-likeness (QED) is 0.798. The maximum Gasteiger partial charge on any atom is 0.340 e. The van der Waals surface area contributed by atoms with Gasteiger partial charge in [0.15, 0.2) is 5.65 Å². The summed E-state index contributed by atoms with van der Waals surface area (Å²) in [6, 6.07) is 7.28. The first-order valence-electron chi connectivity index (χ1n) is 6.31. The van der Waals surface area contributed by atoms with Gasteiger partial charge in [-0.1, -0.05) is 12.1 Å². The number of para-hydroxylation sites is 1. The molecule has 2 heterocycles. The van der Waals surface area contributed by atoms with Gasteiger partial charge in [-0.3, -0.25) is 4.98 Å². The average Bonchev–Trinajstić information content (AvgIpc) is 2.81. The van der Waals surface area contributed by atoms with Gasteiger partial charge < -0.3 is 14.4 Å². The lowest BCUT2D eigenvalue weighted by molar-refractivity contribution is 0.0699. The number of hydrogen-bond acceptors (Lipinski definition) is 4. The van der Waals surface area contributed by atoms with E-state index in [0.29, 0.717) is 28.2 Å². The van der Waals surface area contributed by atoms with Crippen LogP contribution in [0.3, 0.4) is 0 Å². The van der Waals surface area contributed by atoms with Crippen LogP contribution in [0.4, 0.5) is 0 Å². The molecule has 0 saturated carbocycles. The zero-order valence-electron chi connectivity index (χ0n) is 11.6.